The van der Waals surface area contributed by atoms with Crippen LogP contribution in [0.4, 0.5) is 5.88 Å². The molecule has 0 radical (unpaired) electrons. The number of amides is 1. The highest BCUT2D eigenvalue weighted by Gasteiger charge is 2.23. The third kappa shape index (κ3) is 4.88. The fourth-order valence-electron chi connectivity index (χ4n) is 3.10. The van der Waals surface area contributed by atoms with Gasteiger partial charge in [-0.05, 0) is 25.3 Å². The molecule has 1 atom stereocenters. The SMILES string of the molecule is CC(C)(C)c1cc(NC(=O)CN2CCC[C@H](Cn3cncn3)C2)on1. The van der Waals surface area contributed by atoms with Gasteiger partial charge >= 0.3 is 0 Å². The largest absolute Gasteiger partial charge is 0.338 e. The second-order valence-corrected chi connectivity index (χ2v) is 7.74. The predicted octanol–water partition coefficient (Wildman–Crippen LogP) is 1.91. The Balaban J connectivity index is 1.49. The standard InChI is InChI=1S/C17H26N6O2/c1-17(2,3)14-7-16(25-21-14)20-15(24)10-22-6-4-5-13(8-22)9-23-12-18-11-19-23/h7,11-13H,4-6,8-10H2,1-3H3,(H,20,24)/t13-/m0/s1. The first-order valence-electron chi connectivity index (χ1n) is 8.72. The Labute approximate surface area is 147 Å². The summed E-state index contributed by atoms with van der Waals surface area (Å²) in [6.07, 6.45) is 5.53. The van der Waals surface area contributed by atoms with Gasteiger partial charge in [0.05, 0.1) is 12.2 Å². The van der Waals surface area contributed by atoms with E-state index in [2.05, 4.69) is 46.2 Å². The van der Waals surface area contributed by atoms with Gasteiger partial charge in [-0.15, -0.1) is 0 Å². The van der Waals surface area contributed by atoms with Crippen LogP contribution >= 0.6 is 0 Å². The number of hydrogen-bond donors (Lipinski definition) is 1. The van der Waals surface area contributed by atoms with Crippen molar-refractivity contribution < 1.29 is 9.32 Å². The van der Waals surface area contributed by atoms with Crippen molar-refractivity contribution in [2.45, 2.75) is 45.6 Å². The molecule has 1 aliphatic heterocycles. The second-order valence-electron chi connectivity index (χ2n) is 7.74. The fourth-order valence-corrected chi connectivity index (χ4v) is 3.10. The lowest BCUT2D eigenvalue weighted by Crippen LogP contribution is -2.41. The fraction of sp³-hybridized carbons (Fsp3) is 0.647. The van der Waals surface area contributed by atoms with E-state index in [1.165, 1.54) is 0 Å². The van der Waals surface area contributed by atoms with E-state index in [1.54, 1.807) is 18.7 Å². The number of carbonyl (C=O) groups is 1. The van der Waals surface area contributed by atoms with Gasteiger partial charge in [-0.25, -0.2) is 4.98 Å². The number of carbonyl (C=O) groups excluding carboxylic acids is 1. The van der Waals surface area contributed by atoms with Crippen molar-refractivity contribution in [1.82, 2.24) is 24.8 Å². The molecule has 0 bridgehead atoms. The van der Waals surface area contributed by atoms with Crippen LogP contribution in [0.1, 0.15) is 39.3 Å². The molecule has 0 saturated carbocycles. The molecule has 1 N–H and O–H groups in total. The highest BCUT2D eigenvalue weighted by Crippen LogP contribution is 2.23. The van der Waals surface area contributed by atoms with E-state index in [9.17, 15) is 4.79 Å². The van der Waals surface area contributed by atoms with Crippen LogP contribution in [0.25, 0.3) is 0 Å². The van der Waals surface area contributed by atoms with E-state index in [4.69, 9.17) is 4.52 Å². The Morgan fingerprint density at radius 1 is 1.44 bits per heavy atom. The summed E-state index contributed by atoms with van der Waals surface area (Å²) >= 11 is 0. The number of likely N-dealkylation sites (tertiary alicyclic amines) is 1. The van der Waals surface area contributed by atoms with Crippen molar-refractivity contribution >= 4 is 11.8 Å². The van der Waals surface area contributed by atoms with E-state index in [0.717, 1.165) is 38.2 Å². The van der Waals surface area contributed by atoms with Crippen molar-refractivity contribution in [2.24, 2.45) is 5.92 Å². The summed E-state index contributed by atoms with van der Waals surface area (Å²) in [4.78, 5) is 18.5. The maximum atomic E-state index is 12.3. The molecule has 8 nitrogen and oxygen atoms in total. The monoisotopic (exact) mass is 346 g/mol. The number of anilines is 1. The molecule has 2 aromatic rings. The highest BCUT2D eigenvalue weighted by atomic mass is 16.5. The summed E-state index contributed by atoms with van der Waals surface area (Å²) in [5.41, 5.74) is 0.724. The molecule has 0 spiro atoms. The van der Waals surface area contributed by atoms with E-state index < -0.39 is 0 Å². The molecular formula is C17H26N6O2. The van der Waals surface area contributed by atoms with Crippen molar-refractivity contribution in [3.63, 3.8) is 0 Å². The molecule has 3 heterocycles. The van der Waals surface area contributed by atoms with E-state index in [1.807, 2.05) is 4.68 Å². The zero-order valence-electron chi connectivity index (χ0n) is 15.1. The van der Waals surface area contributed by atoms with Gasteiger partial charge in [0.1, 0.15) is 12.7 Å². The van der Waals surface area contributed by atoms with Crippen molar-refractivity contribution in [2.75, 3.05) is 25.0 Å². The molecule has 25 heavy (non-hydrogen) atoms. The van der Waals surface area contributed by atoms with Crippen molar-refractivity contribution in [3.8, 4) is 0 Å². The molecule has 1 amide bonds. The van der Waals surface area contributed by atoms with E-state index in [-0.39, 0.29) is 11.3 Å². The lowest BCUT2D eigenvalue weighted by atomic mass is 9.92. The Kier molecular flexibility index (Phi) is 5.17. The summed E-state index contributed by atoms with van der Waals surface area (Å²) in [5, 5.41) is 11.0. The number of nitrogens with one attached hydrogen (secondary N) is 1. The first-order valence-corrected chi connectivity index (χ1v) is 8.72. The first kappa shape index (κ1) is 17.6. The summed E-state index contributed by atoms with van der Waals surface area (Å²) < 4.78 is 7.08. The van der Waals surface area contributed by atoms with Crippen LogP contribution in [-0.4, -0.2) is 50.4 Å². The van der Waals surface area contributed by atoms with Gasteiger partial charge in [-0.3, -0.25) is 19.7 Å². The zero-order valence-corrected chi connectivity index (χ0v) is 15.1. The molecule has 1 saturated heterocycles. The van der Waals surface area contributed by atoms with Gasteiger partial charge in [-0.1, -0.05) is 25.9 Å². The molecule has 3 rings (SSSR count). The number of rotatable bonds is 5. The van der Waals surface area contributed by atoms with Crippen LogP contribution in [0.3, 0.4) is 0 Å². The maximum Gasteiger partial charge on any atom is 0.240 e. The smallest absolute Gasteiger partial charge is 0.240 e. The lowest BCUT2D eigenvalue weighted by Gasteiger charge is -2.31. The van der Waals surface area contributed by atoms with Crippen molar-refractivity contribution in [1.29, 1.82) is 0 Å². The first-order chi connectivity index (χ1) is 11.9. The van der Waals surface area contributed by atoms with Crippen LogP contribution in [0.15, 0.2) is 23.2 Å². The molecule has 2 aromatic heterocycles. The molecule has 1 aliphatic rings. The Morgan fingerprint density at radius 2 is 2.28 bits per heavy atom. The lowest BCUT2D eigenvalue weighted by molar-refractivity contribution is -0.117. The van der Waals surface area contributed by atoms with Gasteiger partial charge in [0.2, 0.25) is 11.8 Å². The van der Waals surface area contributed by atoms with Crippen LogP contribution in [0.2, 0.25) is 0 Å². The molecule has 8 heteroatoms. The molecule has 0 aromatic carbocycles. The topological polar surface area (TPSA) is 89.1 Å². The van der Waals surface area contributed by atoms with Crippen LogP contribution in [0.5, 0.6) is 0 Å². The minimum absolute atomic E-state index is 0.0713. The van der Waals surface area contributed by atoms with Crippen molar-refractivity contribution in [3.05, 3.63) is 24.4 Å². The molecule has 1 fully saturated rings. The Hall–Kier alpha value is -2.22. The van der Waals surface area contributed by atoms with Gasteiger partial charge in [0.25, 0.3) is 0 Å². The number of hydrogen-bond acceptors (Lipinski definition) is 6. The van der Waals surface area contributed by atoms with Crippen LogP contribution in [-0.2, 0) is 16.8 Å². The Morgan fingerprint density at radius 3 is 2.96 bits per heavy atom. The molecule has 136 valence electrons. The normalized spacial score (nSPS) is 19.1. The van der Waals surface area contributed by atoms with Gasteiger partial charge in [0.15, 0.2) is 0 Å². The van der Waals surface area contributed by atoms with Crippen LogP contribution < -0.4 is 5.32 Å². The van der Waals surface area contributed by atoms with Crippen LogP contribution in [0, 0.1) is 5.92 Å². The quantitative estimate of drug-likeness (QED) is 0.890. The van der Waals surface area contributed by atoms with Gasteiger partial charge < -0.3 is 4.52 Å². The van der Waals surface area contributed by atoms with E-state index >= 15 is 0 Å². The average molecular weight is 346 g/mol. The second kappa shape index (κ2) is 7.35. The Bertz CT molecular complexity index is 688. The van der Waals surface area contributed by atoms with E-state index in [0.29, 0.717) is 18.3 Å². The predicted molar refractivity (Wildman–Crippen MR) is 93.0 cm³/mol. The molecule has 0 aliphatic carbocycles. The summed E-state index contributed by atoms with van der Waals surface area (Å²) in [6, 6.07) is 1.79. The summed E-state index contributed by atoms with van der Waals surface area (Å²) in [7, 11) is 0. The third-order valence-corrected chi connectivity index (χ3v) is 4.42. The maximum absolute atomic E-state index is 12.3. The minimum Gasteiger partial charge on any atom is -0.338 e. The summed E-state index contributed by atoms with van der Waals surface area (Å²) in [5.74, 6) is 0.824. The minimum atomic E-state index is -0.103. The summed E-state index contributed by atoms with van der Waals surface area (Å²) in [6.45, 7) is 9.19. The number of aromatic nitrogens is 4. The average Bonchev–Trinajstić information content (AvgIpc) is 3.18. The zero-order chi connectivity index (χ0) is 17.9. The highest BCUT2D eigenvalue weighted by molar-refractivity contribution is 5.91. The molecule has 0 unspecified atom stereocenters. The number of nitrogens with zero attached hydrogens (tertiary/aromatic N) is 5. The third-order valence-electron chi connectivity index (χ3n) is 4.42. The molecular weight excluding hydrogens is 320 g/mol. The van der Waals surface area contributed by atoms with Gasteiger partial charge in [0, 0.05) is 24.6 Å². The van der Waals surface area contributed by atoms with Gasteiger partial charge in [-0.2, -0.15) is 5.10 Å². The number of piperidine rings is 1.